The van der Waals surface area contributed by atoms with Crippen LogP contribution in [0.3, 0.4) is 0 Å². The molecule has 0 aliphatic carbocycles. The van der Waals surface area contributed by atoms with Crippen LogP contribution in [0, 0.1) is 0 Å². The van der Waals surface area contributed by atoms with E-state index in [2.05, 4.69) is 10.2 Å². The van der Waals surface area contributed by atoms with Gasteiger partial charge in [-0.1, -0.05) is 4.89 Å². The van der Waals surface area contributed by atoms with E-state index >= 15 is 0 Å². The van der Waals surface area contributed by atoms with Gasteiger partial charge in [-0.15, -0.1) is 11.3 Å². The highest BCUT2D eigenvalue weighted by Gasteiger charge is 2.23. The van der Waals surface area contributed by atoms with Gasteiger partial charge < -0.3 is 5.32 Å². The molecule has 0 saturated heterocycles. The van der Waals surface area contributed by atoms with Gasteiger partial charge in [-0.05, 0) is 11.4 Å². The first kappa shape index (κ1) is 12.1. The molecule has 0 fully saturated rings. The van der Waals surface area contributed by atoms with E-state index in [1.165, 1.54) is 25.6 Å². The van der Waals surface area contributed by atoms with Crippen LogP contribution < -0.4 is 10.2 Å². The first-order valence-electron chi connectivity index (χ1n) is 3.87. The Hall–Kier alpha value is -0.960. The molecule has 1 aromatic heterocycles. The molecule has 6 nitrogen and oxygen atoms in total. The Morgan fingerprint density at radius 2 is 2.20 bits per heavy atom. The van der Waals surface area contributed by atoms with Gasteiger partial charge in [0.05, 0.1) is 7.11 Å². The quantitative estimate of drug-likeness (QED) is 0.734. The van der Waals surface area contributed by atoms with E-state index in [1.807, 2.05) is 4.89 Å². The largest absolute Gasteiger partial charge is 0.354 e. The number of carbonyl (C=O) groups excluding carboxylic acids is 1. The minimum absolute atomic E-state index is 0.0892. The van der Waals surface area contributed by atoms with E-state index < -0.39 is 15.9 Å². The molecule has 0 unspecified atom stereocenters. The van der Waals surface area contributed by atoms with Crippen molar-refractivity contribution >= 4 is 27.3 Å². The van der Waals surface area contributed by atoms with Crippen LogP contribution in [0.2, 0.25) is 0 Å². The van der Waals surface area contributed by atoms with Gasteiger partial charge in [-0.2, -0.15) is 0 Å². The molecule has 1 aromatic rings. The van der Waals surface area contributed by atoms with Crippen LogP contribution in [0.1, 0.15) is 9.67 Å². The maximum absolute atomic E-state index is 11.5. The smallest absolute Gasteiger partial charge is 0.264 e. The van der Waals surface area contributed by atoms with Crippen LogP contribution in [-0.4, -0.2) is 28.5 Å². The van der Waals surface area contributed by atoms with Gasteiger partial charge in [0.2, 0.25) is 0 Å². The first-order valence-corrected chi connectivity index (χ1v) is 6.23. The van der Waals surface area contributed by atoms with Crippen molar-refractivity contribution in [2.75, 3.05) is 14.2 Å². The summed E-state index contributed by atoms with van der Waals surface area (Å²) in [6.07, 6.45) is 0. The highest BCUT2D eigenvalue weighted by Crippen LogP contribution is 2.21. The lowest BCUT2D eigenvalue weighted by atomic mass is 10.4. The normalized spacial score (nSPS) is 11.3. The molecule has 0 aliphatic rings. The molecule has 1 heterocycles. The van der Waals surface area contributed by atoms with E-state index in [0.29, 0.717) is 0 Å². The van der Waals surface area contributed by atoms with Crippen molar-refractivity contribution in [3.05, 3.63) is 16.3 Å². The fourth-order valence-corrected chi connectivity index (χ4v) is 3.13. The fourth-order valence-electron chi connectivity index (χ4n) is 0.943. The summed E-state index contributed by atoms with van der Waals surface area (Å²) in [4.78, 5) is 17.5. The molecule has 0 saturated carbocycles. The van der Waals surface area contributed by atoms with Crippen LogP contribution in [0.15, 0.2) is 16.3 Å². The number of hydrogen-bond donors (Lipinski definition) is 2. The molecule has 2 N–H and O–H groups in total. The van der Waals surface area contributed by atoms with E-state index in [4.69, 9.17) is 0 Å². The number of nitrogens with one attached hydrogen (secondary N) is 2. The molecule has 0 bridgehead atoms. The van der Waals surface area contributed by atoms with Crippen molar-refractivity contribution in [1.82, 2.24) is 10.2 Å². The minimum atomic E-state index is -3.78. The second-order valence-corrected chi connectivity index (χ2v) is 5.01. The van der Waals surface area contributed by atoms with Crippen LogP contribution in [-0.2, 0) is 14.9 Å². The number of rotatable bonds is 4. The monoisotopic (exact) mass is 250 g/mol. The topological polar surface area (TPSA) is 84.5 Å². The third-order valence-corrected chi connectivity index (χ3v) is 3.89. The second-order valence-electron chi connectivity index (χ2n) is 2.48. The van der Waals surface area contributed by atoms with Crippen molar-refractivity contribution < 1.29 is 18.0 Å². The second kappa shape index (κ2) is 4.71. The Kier molecular flexibility index (Phi) is 3.80. The number of hydrogen-bond acceptors (Lipinski definition) is 5. The molecule has 15 heavy (non-hydrogen) atoms. The Morgan fingerprint density at radius 1 is 1.53 bits per heavy atom. The Balaban J connectivity index is 3.16. The Labute approximate surface area is 91.3 Å². The lowest BCUT2D eigenvalue weighted by Gasteiger charge is -2.04. The van der Waals surface area contributed by atoms with Gasteiger partial charge in [0.25, 0.3) is 15.9 Å². The maximum Gasteiger partial charge on any atom is 0.264 e. The van der Waals surface area contributed by atoms with Crippen molar-refractivity contribution in [2.24, 2.45) is 0 Å². The Bertz CT molecular complexity index is 451. The molecule has 0 spiro atoms. The first-order chi connectivity index (χ1) is 7.03. The zero-order chi connectivity index (χ0) is 11.5. The SMILES string of the molecule is CNC(=O)c1sccc1S(=O)(=O)NOC. The minimum Gasteiger partial charge on any atom is -0.354 e. The molecule has 84 valence electrons. The molecule has 8 heteroatoms. The number of sulfonamides is 1. The summed E-state index contributed by atoms with van der Waals surface area (Å²) >= 11 is 1.05. The van der Waals surface area contributed by atoms with Crippen molar-refractivity contribution in [1.29, 1.82) is 0 Å². The zero-order valence-electron chi connectivity index (χ0n) is 8.10. The number of thiophene rings is 1. The number of amides is 1. The highest BCUT2D eigenvalue weighted by molar-refractivity contribution is 7.89. The third-order valence-electron chi connectivity index (χ3n) is 1.54. The van der Waals surface area contributed by atoms with Gasteiger partial charge in [0.15, 0.2) is 0 Å². The van der Waals surface area contributed by atoms with E-state index in [1.54, 1.807) is 0 Å². The molecule has 0 atom stereocenters. The fraction of sp³-hybridized carbons (Fsp3) is 0.286. The predicted molar refractivity (Wildman–Crippen MR) is 55.0 cm³/mol. The van der Waals surface area contributed by atoms with Crippen molar-refractivity contribution in [3.63, 3.8) is 0 Å². The van der Waals surface area contributed by atoms with Crippen LogP contribution >= 0.6 is 11.3 Å². The third kappa shape index (κ3) is 2.53. The van der Waals surface area contributed by atoms with Crippen LogP contribution in [0.25, 0.3) is 0 Å². The van der Waals surface area contributed by atoms with E-state index in [9.17, 15) is 13.2 Å². The van der Waals surface area contributed by atoms with Gasteiger partial charge in [-0.25, -0.2) is 8.42 Å². The highest BCUT2D eigenvalue weighted by atomic mass is 32.2. The van der Waals surface area contributed by atoms with Gasteiger partial charge in [0.1, 0.15) is 9.77 Å². The summed E-state index contributed by atoms with van der Waals surface area (Å²) < 4.78 is 23.1. The molecule has 1 rings (SSSR count). The van der Waals surface area contributed by atoms with Crippen molar-refractivity contribution in [3.8, 4) is 0 Å². The average molecular weight is 250 g/mol. The summed E-state index contributed by atoms with van der Waals surface area (Å²) in [6.45, 7) is 0. The Morgan fingerprint density at radius 3 is 2.73 bits per heavy atom. The summed E-state index contributed by atoms with van der Waals surface area (Å²) in [5, 5.41) is 3.88. The van der Waals surface area contributed by atoms with Crippen LogP contribution in [0.4, 0.5) is 0 Å². The van der Waals surface area contributed by atoms with Crippen LogP contribution in [0.5, 0.6) is 0 Å². The molecule has 0 aliphatic heterocycles. The summed E-state index contributed by atoms with van der Waals surface area (Å²) in [7, 11) is -1.16. The summed E-state index contributed by atoms with van der Waals surface area (Å²) in [6, 6.07) is 1.34. The van der Waals surface area contributed by atoms with Gasteiger partial charge >= 0.3 is 0 Å². The molecule has 0 radical (unpaired) electrons. The molecular weight excluding hydrogens is 240 g/mol. The summed E-state index contributed by atoms with van der Waals surface area (Å²) in [5.41, 5.74) is 0. The molecule has 0 aromatic carbocycles. The maximum atomic E-state index is 11.5. The van der Waals surface area contributed by atoms with E-state index in [-0.39, 0.29) is 9.77 Å². The van der Waals surface area contributed by atoms with Gasteiger partial charge in [0, 0.05) is 7.05 Å². The zero-order valence-corrected chi connectivity index (χ0v) is 9.74. The standard InChI is InChI=1S/C7H10N2O4S2/c1-8-7(10)6-5(3-4-14-6)15(11,12)9-13-2/h3-4,9H,1-2H3,(H,8,10). The van der Waals surface area contributed by atoms with Gasteiger partial charge in [-0.3, -0.25) is 9.63 Å². The lowest BCUT2D eigenvalue weighted by Crippen LogP contribution is -2.25. The lowest BCUT2D eigenvalue weighted by molar-refractivity contribution is 0.0963. The predicted octanol–water partition coefficient (Wildman–Crippen LogP) is -0.0526. The van der Waals surface area contributed by atoms with E-state index in [0.717, 1.165) is 11.3 Å². The summed E-state index contributed by atoms with van der Waals surface area (Å²) in [5.74, 6) is -0.443. The number of carbonyl (C=O) groups is 1. The van der Waals surface area contributed by atoms with Crippen molar-refractivity contribution in [2.45, 2.75) is 4.90 Å². The molecular formula is C7H10N2O4S2. The average Bonchev–Trinajstić information content (AvgIpc) is 2.65. The molecule has 1 amide bonds.